The van der Waals surface area contributed by atoms with Gasteiger partial charge in [-0.15, -0.1) is 0 Å². The number of hydrogen-bond donors (Lipinski definition) is 1. The number of benzene rings is 3. The summed E-state index contributed by atoms with van der Waals surface area (Å²) in [6.45, 7) is 2.54. The van der Waals surface area contributed by atoms with E-state index in [1.54, 1.807) is 18.2 Å². The van der Waals surface area contributed by atoms with E-state index in [0.29, 0.717) is 54.4 Å². The highest BCUT2D eigenvalue weighted by Gasteiger charge is 2.41. The predicted molar refractivity (Wildman–Crippen MR) is 194 cm³/mol. The standard InChI is InChI=1S/C39H38ClN5O5/c40-35-16-14-30(24-41-35)31-18-19-39(50-27-31)20-22-44(23-21-39)34-13-7-12-32(37(34)45(46)47)42-33-15-17-36(48-25-28-8-3-1-4-9-28)43-38(33)49-26-29-10-5-2-6-11-29/h1-17,24,31,42H,18-23,25-27H2. The molecular formula is C39H38ClN5O5. The molecule has 2 saturated heterocycles. The van der Waals surface area contributed by atoms with E-state index in [0.717, 1.165) is 42.4 Å². The molecule has 256 valence electrons. The number of anilines is 3. The monoisotopic (exact) mass is 691 g/mol. The molecule has 1 spiro atoms. The Morgan fingerprint density at radius 3 is 2.22 bits per heavy atom. The van der Waals surface area contributed by atoms with Gasteiger partial charge in [-0.25, -0.2) is 4.98 Å². The number of aromatic nitrogens is 2. The fraction of sp³-hybridized carbons (Fsp3) is 0.282. The third-order valence-corrected chi connectivity index (χ3v) is 9.75. The molecule has 2 aliphatic heterocycles. The van der Waals surface area contributed by atoms with Crippen molar-refractivity contribution in [3.63, 3.8) is 0 Å². The molecule has 0 aliphatic carbocycles. The molecule has 0 saturated carbocycles. The van der Waals surface area contributed by atoms with E-state index in [4.69, 9.17) is 25.8 Å². The molecule has 0 bridgehead atoms. The van der Waals surface area contributed by atoms with Crippen LogP contribution < -0.4 is 19.7 Å². The number of rotatable bonds is 11. The third-order valence-electron chi connectivity index (χ3n) is 9.53. The molecule has 1 atom stereocenters. The molecule has 7 rings (SSSR count). The van der Waals surface area contributed by atoms with E-state index in [9.17, 15) is 10.1 Å². The highest BCUT2D eigenvalue weighted by Crippen LogP contribution is 2.44. The SMILES string of the molecule is O=[N+]([O-])c1c(Nc2ccc(OCc3ccccc3)nc2OCc2ccccc2)cccc1N1CCC2(CCC(c3ccc(Cl)nc3)CO2)CC1. The summed E-state index contributed by atoms with van der Waals surface area (Å²) in [6, 6.07) is 32.3. The zero-order chi connectivity index (χ0) is 34.3. The third kappa shape index (κ3) is 7.82. The highest BCUT2D eigenvalue weighted by atomic mass is 35.5. The maximum absolute atomic E-state index is 12.7. The second-order valence-electron chi connectivity index (χ2n) is 12.7. The van der Waals surface area contributed by atoms with Crippen molar-refractivity contribution in [1.82, 2.24) is 9.97 Å². The zero-order valence-corrected chi connectivity index (χ0v) is 28.3. The van der Waals surface area contributed by atoms with Crippen LogP contribution in [0.3, 0.4) is 0 Å². The lowest BCUT2D eigenvalue weighted by molar-refractivity contribution is -0.383. The van der Waals surface area contributed by atoms with Gasteiger partial charge >= 0.3 is 5.69 Å². The highest BCUT2D eigenvalue weighted by molar-refractivity contribution is 6.29. The van der Waals surface area contributed by atoms with Crippen LogP contribution in [-0.2, 0) is 18.0 Å². The van der Waals surface area contributed by atoms with E-state index < -0.39 is 0 Å². The molecule has 3 aromatic carbocycles. The van der Waals surface area contributed by atoms with Crippen molar-refractivity contribution in [3.8, 4) is 11.8 Å². The summed E-state index contributed by atoms with van der Waals surface area (Å²) in [5.74, 6) is 0.947. The average molecular weight is 692 g/mol. The Morgan fingerprint density at radius 1 is 0.860 bits per heavy atom. The Labute approximate surface area is 296 Å². The topological polar surface area (TPSA) is 112 Å². The predicted octanol–water partition coefficient (Wildman–Crippen LogP) is 8.87. The first kappa shape index (κ1) is 33.3. The van der Waals surface area contributed by atoms with Gasteiger partial charge in [0.15, 0.2) is 0 Å². The summed E-state index contributed by atoms with van der Waals surface area (Å²) in [5, 5.41) is 16.4. The van der Waals surface area contributed by atoms with Crippen molar-refractivity contribution in [2.24, 2.45) is 0 Å². The minimum atomic E-state index is -0.320. The van der Waals surface area contributed by atoms with Crippen molar-refractivity contribution >= 4 is 34.4 Å². The van der Waals surface area contributed by atoms with Crippen LogP contribution in [0.2, 0.25) is 5.15 Å². The lowest BCUT2D eigenvalue weighted by Gasteiger charge is -2.46. The molecule has 4 heterocycles. The fourth-order valence-corrected chi connectivity index (χ4v) is 6.81. The molecule has 11 heteroatoms. The van der Waals surface area contributed by atoms with Crippen LogP contribution in [0.25, 0.3) is 0 Å². The van der Waals surface area contributed by atoms with Crippen LogP contribution in [-0.4, -0.2) is 40.2 Å². The molecule has 2 aromatic heterocycles. The summed E-state index contributed by atoms with van der Waals surface area (Å²) < 4.78 is 18.7. The number of nitrogens with zero attached hydrogens (tertiary/aromatic N) is 4. The number of piperidine rings is 1. The lowest BCUT2D eigenvalue weighted by atomic mass is 9.80. The first-order chi connectivity index (χ1) is 24.4. The zero-order valence-electron chi connectivity index (χ0n) is 27.5. The van der Waals surface area contributed by atoms with Gasteiger partial charge in [0, 0.05) is 31.3 Å². The first-order valence-electron chi connectivity index (χ1n) is 16.8. The first-order valence-corrected chi connectivity index (χ1v) is 17.2. The maximum Gasteiger partial charge on any atom is 0.315 e. The fourth-order valence-electron chi connectivity index (χ4n) is 6.70. The summed E-state index contributed by atoms with van der Waals surface area (Å²) in [4.78, 5) is 23.3. The molecule has 0 amide bonds. The Morgan fingerprint density at radius 2 is 1.58 bits per heavy atom. The molecule has 2 aliphatic rings. The molecular weight excluding hydrogens is 654 g/mol. The molecule has 2 fully saturated rings. The van der Waals surface area contributed by atoms with Gasteiger partial charge in [-0.3, -0.25) is 10.1 Å². The Hall–Kier alpha value is -5.19. The summed E-state index contributed by atoms with van der Waals surface area (Å²) in [6.07, 6.45) is 5.35. The van der Waals surface area contributed by atoms with E-state index in [1.165, 1.54) is 0 Å². The van der Waals surface area contributed by atoms with Gasteiger partial charge in [-0.1, -0.05) is 84.4 Å². The van der Waals surface area contributed by atoms with Gasteiger partial charge in [-0.05, 0) is 66.6 Å². The van der Waals surface area contributed by atoms with Gasteiger partial charge < -0.3 is 24.4 Å². The second-order valence-corrected chi connectivity index (χ2v) is 13.1. The largest absolute Gasteiger partial charge is 0.473 e. The van der Waals surface area contributed by atoms with Crippen LogP contribution in [0.4, 0.5) is 22.7 Å². The number of nitro groups is 1. The van der Waals surface area contributed by atoms with Crippen LogP contribution >= 0.6 is 11.6 Å². The second kappa shape index (κ2) is 15.1. The molecule has 1 unspecified atom stereocenters. The average Bonchev–Trinajstić information content (AvgIpc) is 3.15. The number of halogens is 1. The van der Waals surface area contributed by atoms with Crippen molar-refractivity contribution in [1.29, 1.82) is 0 Å². The number of nitro benzene ring substituents is 1. The summed E-state index contributed by atoms with van der Waals surface area (Å²) in [7, 11) is 0. The van der Waals surface area contributed by atoms with Crippen LogP contribution in [0, 0.1) is 10.1 Å². The van der Waals surface area contributed by atoms with E-state index in [2.05, 4.69) is 20.2 Å². The Balaban J connectivity index is 1.07. The van der Waals surface area contributed by atoms with Gasteiger partial charge in [0.1, 0.15) is 35.4 Å². The minimum Gasteiger partial charge on any atom is -0.473 e. The van der Waals surface area contributed by atoms with Crippen LogP contribution in [0.15, 0.2) is 109 Å². The molecule has 10 nitrogen and oxygen atoms in total. The number of pyridine rings is 2. The quantitative estimate of drug-likeness (QED) is 0.0824. The van der Waals surface area contributed by atoms with Crippen molar-refractivity contribution in [2.75, 3.05) is 29.9 Å². The number of hydrogen-bond acceptors (Lipinski definition) is 9. The number of ether oxygens (including phenoxy) is 3. The summed E-state index contributed by atoms with van der Waals surface area (Å²) >= 11 is 5.98. The van der Waals surface area contributed by atoms with Crippen molar-refractivity contribution < 1.29 is 19.1 Å². The molecule has 5 aromatic rings. The van der Waals surface area contributed by atoms with Gasteiger partial charge in [0.05, 0.1) is 17.1 Å². The number of nitrogens with one attached hydrogen (secondary N) is 1. The van der Waals surface area contributed by atoms with Crippen molar-refractivity contribution in [2.45, 2.75) is 50.4 Å². The lowest BCUT2D eigenvalue weighted by Crippen LogP contribution is -2.49. The van der Waals surface area contributed by atoms with E-state index >= 15 is 0 Å². The molecule has 1 N–H and O–H groups in total. The molecule has 50 heavy (non-hydrogen) atoms. The van der Waals surface area contributed by atoms with Crippen LogP contribution in [0.5, 0.6) is 11.8 Å². The van der Waals surface area contributed by atoms with E-state index in [-0.39, 0.29) is 34.6 Å². The van der Waals surface area contributed by atoms with Gasteiger partial charge in [-0.2, -0.15) is 4.98 Å². The normalized spacial score (nSPS) is 16.9. The maximum atomic E-state index is 12.7. The Kier molecular flexibility index (Phi) is 10.1. The minimum absolute atomic E-state index is 0.00160. The van der Waals surface area contributed by atoms with Gasteiger partial charge in [0.25, 0.3) is 0 Å². The van der Waals surface area contributed by atoms with Crippen molar-refractivity contribution in [3.05, 3.63) is 141 Å². The smallest absolute Gasteiger partial charge is 0.315 e. The molecule has 0 radical (unpaired) electrons. The van der Waals surface area contributed by atoms with Crippen LogP contribution in [0.1, 0.15) is 48.3 Å². The number of para-hydroxylation sites is 1. The van der Waals surface area contributed by atoms with Gasteiger partial charge in [0.2, 0.25) is 11.8 Å². The van der Waals surface area contributed by atoms with E-state index in [1.807, 2.05) is 91.1 Å². The Bertz CT molecular complexity index is 1890. The summed E-state index contributed by atoms with van der Waals surface area (Å²) in [5.41, 5.74) is 4.30.